The second-order valence-corrected chi connectivity index (χ2v) is 9.94. The first-order chi connectivity index (χ1) is 15.5. The average molecular weight is 436 g/mol. The molecule has 3 aliphatic rings. The standard InChI is InChI=1S/C27H34FN3O/c1-18-10-22-8-9-30-17-26(31-16-21(14-28)12-27(31)32)24(13-25(30)23(22)11-19(18)2)29-15-20-6-4-3-5-7-20/h3-7,10-11,21,24-26,29H,8-9,12-17H2,1-2H3/t21-,24+,25+,26+/m1/s1. The predicted molar refractivity (Wildman–Crippen MR) is 125 cm³/mol. The Morgan fingerprint density at radius 2 is 1.88 bits per heavy atom. The minimum atomic E-state index is -0.407. The van der Waals surface area contributed by atoms with Gasteiger partial charge >= 0.3 is 0 Å². The molecule has 2 fully saturated rings. The summed E-state index contributed by atoms with van der Waals surface area (Å²) >= 11 is 0. The van der Waals surface area contributed by atoms with Gasteiger partial charge in [0.2, 0.25) is 5.91 Å². The van der Waals surface area contributed by atoms with Gasteiger partial charge in [-0.05, 0) is 54.5 Å². The molecular formula is C27H34FN3O. The molecule has 4 atom stereocenters. The minimum absolute atomic E-state index is 0.0899. The van der Waals surface area contributed by atoms with Gasteiger partial charge in [0.05, 0.1) is 12.7 Å². The fourth-order valence-electron chi connectivity index (χ4n) is 5.91. The lowest BCUT2D eigenvalue weighted by molar-refractivity contribution is -0.132. The van der Waals surface area contributed by atoms with Gasteiger partial charge in [-0.3, -0.25) is 14.1 Å². The van der Waals surface area contributed by atoms with E-state index < -0.39 is 6.67 Å². The van der Waals surface area contributed by atoms with Crippen LogP contribution in [0, 0.1) is 19.8 Å². The van der Waals surface area contributed by atoms with E-state index in [1.165, 1.54) is 27.8 Å². The van der Waals surface area contributed by atoms with Crippen LogP contribution in [0.3, 0.4) is 0 Å². The molecule has 3 heterocycles. The molecule has 2 aromatic rings. The van der Waals surface area contributed by atoms with Crippen LogP contribution >= 0.6 is 0 Å². The van der Waals surface area contributed by atoms with Crippen LogP contribution in [0.4, 0.5) is 4.39 Å². The Kier molecular flexibility index (Phi) is 6.04. The summed E-state index contributed by atoms with van der Waals surface area (Å²) in [5.74, 6) is -0.0332. The molecule has 5 rings (SSSR count). The highest BCUT2D eigenvalue weighted by molar-refractivity contribution is 5.79. The van der Waals surface area contributed by atoms with Gasteiger partial charge in [-0.15, -0.1) is 0 Å². The first kappa shape index (κ1) is 21.6. The Balaban J connectivity index is 1.42. The van der Waals surface area contributed by atoms with Crippen molar-refractivity contribution in [1.29, 1.82) is 0 Å². The third-order valence-corrected chi connectivity index (χ3v) is 7.86. The van der Waals surface area contributed by atoms with Crippen LogP contribution in [0.15, 0.2) is 42.5 Å². The van der Waals surface area contributed by atoms with Gasteiger partial charge in [0.15, 0.2) is 0 Å². The van der Waals surface area contributed by atoms with Gasteiger partial charge in [-0.25, -0.2) is 0 Å². The monoisotopic (exact) mass is 435 g/mol. The summed E-state index contributed by atoms with van der Waals surface area (Å²) in [5, 5.41) is 3.79. The number of benzene rings is 2. The number of nitrogens with one attached hydrogen (secondary N) is 1. The van der Waals surface area contributed by atoms with E-state index >= 15 is 0 Å². The van der Waals surface area contributed by atoms with E-state index in [9.17, 15) is 9.18 Å². The van der Waals surface area contributed by atoms with E-state index in [0.29, 0.717) is 19.0 Å². The highest BCUT2D eigenvalue weighted by Gasteiger charge is 2.44. The molecule has 0 aliphatic carbocycles. The normalized spacial score (nSPS) is 28.0. The van der Waals surface area contributed by atoms with Gasteiger partial charge in [0.25, 0.3) is 0 Å². The molecule has 4 nitrogen and oxygen atoms in total. The summed E-state index contributed by atoms with van der Waals surface area (Å²) in [6.45, 7) is 7.20. The maximum absolute atomic E-state index is 13.4. The molecular weight excluding hydrogens is 401 g/mol. The van der Waals surface area contributed by atoms with Gasteiger partial charge in [-0.2, -0.15) is 0 Å². The third-order valence-electron chi connectivity index (χ3n) is 7.86. The number of rotatable bonds is 5. The smallest absolute Gasteiger partial charge is 0.223 e. The SMILES string of the molecule is Cc1cc2c(cc1C)[C@@H]1C[C@H](NCc3ccccc3)[C@@H](N3C[C@@H](CF)CC3=O)CN1CC2. The lowest BCUT2D eigenvalue weighted by Crippen LogP contribution is -2.61. The molecule has 0 bridgehead atoms. The van der Waals surface area contributed by atoms with Crippen molar-refractivity contribution >= 4 is 5.91 Å². The van der Waals surface area contributed by atoms with Crippen molar-refractivity contribution < 1.29 is 9.18 Å². The Bertz CT molecular complexity index is 978. The van der Waals surface area contributed by atoms with Gasteiger partial charge < -0.3 is 10.2 Å². The molecule has 5 heteroatoms. The molecule has 0 aromatic heterocycles. The molecule has 1 amide bonds. The lowest BCUT2D eigenvalue weighted by atomic mass is 9.81. The van der Waals surface area contributed by atoms with Crippen molar-refractivity contribution in [2.45, 2.75) is 57.8 Å². The summed E-state index contributed by atoms with van der Waals surface area (Å²) in [7, 11) is 0. The number of likely N-dealkylation sites (tertiary alicyclic amines) is 1. The number of piperidine rings is 1. The maximum atomic E-state index is 13.4. The number of fused-ring (bicyclic) bond motifs is 3. The number of carbonyl (C=O) groups is 1. The molecule has 0 saturated carbocycles. The van der Waals surface area contributed by atoms with Crippen molar-refractivity contribution in [3.63, 3.8) is 0 Å². The number of hydrogen-bond donors (Lipinski definition) is 1. The lowest BCUT2D eigenvalue weighted by Gasteiger charge is -2.50. The fourth-order valence-corrected chi connectivity index (χ4v) is 5.91. The summed E-state index contributed by atoms with van der Waals surface area (Å²) in [4.78, 5) is 17.4. The number of amides is 1. The van der Waals surface area contributed by atoms with Gasteiger partial charge in [0, 0.05) is 50.6 Å². The molecule has 0 spiro atoms. The summed E-state index contributed by atoms with van der Waals surface area (Å²) < 4.78 is 13.4. The van der Waals surface area contributed by atoms with E-state index in [1.807, 2.05) is 11.0 Å². The number of hydrogen-bond acceptors (Lipinski definition) is 3. The molecule has 1 N–H and O–H groups in total. The van der Waals surface area contributed by atoms with Crippen molar-refractivity contribution in [2.75, 3.05) is 26.3 Å². The van der Waals surface area contributed by atoms with Crippen LogP contribution in [0.25, 0.3) is 0 Å². The van der Waals surface area contributed by atoms with Crippen LogP contribution in [0.1, 0.15) is 46.7 Å². The topological polar surface area (TPSA) is 35.6 Å². The average Bonchev–Trinajstić information content (AvgIpc) is 3.19. The summed E-state index contributed by atoms with van der Waals surface area (Å²) in [6.07, 6.45) is 2.38. The Morgan fingerprint density at radius 1 is 1.09 bits per heavy atom. The maximum Gasteiger partial charge on any atom is 0.223 e. The van der Waals surface area contributed by atoms with Crippen molar-refractivity contribution in [3.8, 4) is 0 Å². The summed E-state index contributed by atoms with van der Waals surface area (Å²) in [6, 6.07) is 15.8. The fraction of sp³-hybridized carbons (Fsp3) is 0.519. The van der Waals surface area contributed by atoms with Crippen LogP contribution in [-0.4, -0.2) is 54.1 Å². The van der Waals surface area contributed by atoms with Gasteiger partial charge in [0.1, 0.15) is 0 Å². The molecule has 2 saturated heterocycles. The van der Waals surface area contributed by atoms with E-state index in [1.54, 1.807) is 0 Å². The number of alkyl halides is 1. The number of halogens is 1. The zero-order chi connectivity index (χ0) is 22.2. The minimum Gasteiger partial charge on any atom is -0.336 e. The second-order valence-electron chi connectivity index (χ2n) is 9.94. The Hall–Kier alpha value is -2.24. The van der Waals surface area contributed by atoms with Crippen molar-refractivity contribution in [2.24, 2.45) is 5.92 Å². The molecule has 170 valence electrons. The number of nitrogens with zero attached hydrogens (tertiary/aromatic N) is 2. The van der Waals surface area contributed by atoms with Crippen LogP contribution in [-0.2, 0) is 17.8 Å². The first-order valence-corrected chi connectivity index (χ1v) is 12.0. The molecule has 0 unspecified atom stereocenters. The molecule has 0 radical (unpaired) electrons. The number of carbonyl (C=O) groups excluding carboxylic acids is 1. The molecule has 3 aliphatic heterocycles. The van der Waals surface area contributed by atoms with Crippen LogP contribution < -0.4 is 5.32 Å². The van der Waals surface area contributed by atoms with Crippen molar-refractivity contribution in [3.05, 3.63) is 70.3 Å². The first-order valence-electron chi connectivity index (χ1n) is 12.0. The predicted octanol–water partition coefficient (Wildman–Crippen LogP) is 3.95. The van der Waals surface area contributed by atoms with Crippen molar-refractivity contribution in [1.82, 2.24) is 15.1 Å². The molecule has 2 aromatic carbocycles. The Morgan fingerprint density at radius 3 is 2.62 bits per heavy atom. The zero-order valence-corrected chi connectivity index (χ0v) is 19.2. The van der Waals surface area contributed by atoms with E-state index in [0.717, 1.165) is 32.5 Å². The quantitative estimate of drug-likeness (QED) is 0.773. The largest absolute Gasteiger partial charge is 0.336 e. The summed E-state index contributed by atoms with van der Waals surface area (Å²) in [5.41, 5.74) is 6.90. The Labute approximate surface area is 190 Å². The number of aryl methyl sites for hydroxylation is 2. The van der Waals surface area contributed by atoms with E-state index in [4.69, 9.17) is 0 Å². The highest BCUT2D eigenvalue weighted by Crippen LogP contribution is 2.40. The highest BCUT2D eigenvalue weighted by atomic mass is 19.1. The zero-order valence-electron chi connectivity index (χ0n) is 19.2. The van der Waals surface area contributed by atoms with E-state index in [-0.39, 0.29) is 23.9 Å². The van der Waals surface area contributed by atoms with Crippen LogP contribution in [0.2, 0.25) is 0 Å². The van der Waals surface area contributed by atoms with E-state index in [2.05, 4.69) is 60.5 Å². The van der Waals surface area contributed by atoms with Crippen LogP contribution in [0.5, 0.6) is 0 Å². The molecule has 32 heavy (non-hydrogen) atoms. The third kappa shape index (κ3) is 4.08. The second kappa shape index (κ2) is 8.95. The van der Waals surface area contributed by atoms with Gasteiger partial charge in [-0.1, -0.05) is 42.5 Å².